The number of nitrogens with zero attached hydrogens (tertiary/aromatic N) is 3. The topological polar surface area (TPSA) is 103 Å². The van der Waals surface area contributed by atoms with Gasteiger partial charge in [-0.05, 0) is 30.9 Å². The number of benzene rings is 1. The van der Waals surface area contributed by atoms with Crippen molar-refractivity contribution in [2.24, 2.45) is 5.92 Å². The molecule has 0 radical (unpaired) electrons. The van der Waals surface area contributed by atoms with Gasteiger partial charge in [-0.1, -0.05) is 25.1 Å². The molecule has 1 aromatic carbocycles. The first-order valence-corrected chi connectivity index (χ1v) is 7.67. The molecular formula is C16H19N5O2. The van der Waals surface area contributed by atoms with Crippen molar-refractivity contribution in [2.75, 3.05) is 11.1 Å². The highest BCUT2D eigenvalue weighted by molar-refractivity contribution is 5.74. The predicted octanol–water partition coefficient (Wildman–Crippen LogP) is 2.21. The standard InChI is InChI=1S/C16H19N5O2/c1-2-10-5-3-4-6-12(10)18-16-20-13(19-15(17)21-16)9-23-14(22)11-7-8-11/h3-6,11H,2,7-9H2,1H3,(H3,17,18,19,20,21). The SMILES string of the molecule is CCc1ccccc1Nc1nc(N)nc(COC(=O)C2CC2)n1. The first-order chi connectivity index (χ1) is 11.2. The van der Waals surface area contributed by atoms with Gasteiger partial charge in [0, 0.05) is 5.69 Å². The van der Waals surface area contributed by atoms with Crippen LogP contribution in [0.1, 0.15) is 31.2 Å². The molecular weight excluding hydrogens is 294 g/mol. The molecule has 0 saturated heterocycles. The quantitative estimate of drug-likeness (QED) is 0.788. The first kappa shape index (κ1) is 15.2. The number of ether oxygens (including phenoxy) is 1. The van der Waals surface area contributed by atoms with E-state index in [1.165, 1.54) is 0 Å². The van der Waals surface area contributed by atoms with Crippen LogP contribution < -0.4 is 11.1 Å². The molecule has 23 heavy (non-hydrogen) atoms. The number of hydrogen-bond donors (Lipinski definition) is 2. The predicted molar refractivity (Wildman–Crippen MR) is 85.9 cm³/mol. The Morgan fingerprint density at radius 2 is 2.09 bits per heavy atom. The van der Waals surface area contributed by atoms with Crippen molar-refractivity contribution in [3.8, 4) is 0 Å². The van der Waals surface area contributed by atoms with E-state index in [0.717, 1.165) is 30.5 Å². The van der Waals surface area contributed by atoms with Crippen LogP contribution >= 0.6 is 0 Å². The maximum Gasteiger partial charge on any atom is 0.309 e. The molecule has 1 aliphatic carbocycles. The van der Waals surface area contributed by atoms with Gasteiger partial charge in [-0.15, -0.1) is 0 Å². The minimum absolute atomic E-state index is 0.00611. The molecule has 0 atom stereocenters. The van der Waals surface area contributed by atoms with Crippen molar-refractivity contribution >= 4 is 23.6 Å². The summed E-state index contributed by atoms with van der Waals surface area (Å²) in [7, 11) is 0. The molecule has 0 unspecified atom stereocenters. The Balaban J connectivity index is 1.73. The molecule has 0 bridgehead atoms. The zero-order chi connectivity index (χ0) is 16.2. The van der Waals surface area contributed by atoms with E-state index in [0.29, 0.717) is 11.8 Å². The number of anilines is 3. The molecule has 7 nitrogen and oxygen atoms in total. The van der Waals surface area contributed by atoms with Gasteiger partial charge in [-0.3, -0.25) is 4.79 Å². The Labute approximate surface area is 134 Å². The van der Waals surface area contributed by atoms with Gasteiger partial charge in [0.05, 0.1) is 5.92 Å². The van der Waals surface area contributed by atoms with Crippen LogP contribution in [-0.4, -0.2) is 20.9 Å². The number of aryl methyl sites for hydroxylation is 1. The third-order valence-electron chi connectivity index (χ3n) is 3.60. The van der Waals surface area contributed by atoms with Crippen LogP contribution in [0.2, 0.25) is 0 Å². The van der Waals surface area contributed by atoms with E-state index in [2.05, 4.69) is 27.2 Å². The maximum absolute atomic E-state index is 11.6. The first-order valence-electron chi connectivity index (χ1n) is 7.67. The largest absolute Gasteiger partial charge is 0.457 e. The van der Waals surface area contributed by atoms with Crippen LogP contribution in [0.5, 0.6) is 0 Å². The van der Waals surface area contributed by atoms with Crippen LogP contribution in [0.4, 0.5) is 17.6 Å². The molecule has 0 spiro atoms. The van der Waals surface area contributed by atoms with Crippen molar-refractivity contribution in [3.63, 3.8) is 0 Å². The number of esters is 1. The Kier molecular flexibility index (Phi) is 4.36. The number of para-hydroxylation sites is 1. The van der Waals surface area contributed by atoms with Gasteiger partial charge in [0.1, 0.15) is 0 Å². The minimum Gasteiger partial charge on any atom is -0.457 e. The average molecular weight is 313 g/mol. The number of hydrogen-bond acceptors (Lipinski definition) is 7. The molecule has 1 heterocycles. The zero-order valence-corrected chi connectivity index (χ0v) is 13.0. The molecule has 1 saturated carbocycles. The van der Waals surface area contributed by atoms with Crippen molar-refractivity contribution in [1.82, 2.24) is 15.0 Å². The lowest BCUT2D eigenvalue weighted by Gasteiger charge is -2.10. The summed E-state index contributed by atoms with van der Waals surface area (Å²) >= 11 is 0. The van der Waals surface area contributed by atoms with E-state index in [1.807, 2.05) is 24.3 Å². The number of nitrogen functional groups attached to an aromatic ring is 1. The average Bonchev–Trinajstić information content (AvgIpc) is 3.37. The number of carbonyl (C=O) groups is 1. The molecule has 0 amide bonds. The van der Waals surface area contributed by atoms with Gasteiger partial charge in [-0.2, -0.15) is 15.0 Å². The highest BCUT2D eigenvalue weighted by Gasteiger charge is 2.31. The summed E-state index contributed by atoms with van der Waals surface area (Å²) in [6.45, 7) is 2.08. The lowest BCUT2D eigenvalue weighted by Crippen LogP contribution is -2.12. The van der Waals surface area contributed by atoms with E-state index in [1.54, 1.807) is 0 Å². The summed E-state index contributed by atoms with van der Waals surface area (Å²) in [5.74, 6) is 0.617. The number of carbonyl (C=O) groups excluding carboxylic acids is 1. The van der Waals surface area contributed by atoms with Crippen molar-refractivity contribution in [1.29, 1.82) is 0 Å². The summed E-state index contributed by atoms with van der Waals surface area (Å²) in [5, 5.41) is 3.14. The Hall–Kier alpha value is -2.70. The Bertz CT molecular complexity index is 715. The van der Waals surface area contributed by atoms with Gasteiger partial charge in [0.25, 0.3) is 0 Å². The fraction of sp³-hybridized carbons (Fsp3) is 0.375. The van der Waals surface area contributed by atoms with Crippen molar-refractivity contribution < 1.29 is 9.53 Å². The lowest BCUT2D eigenvalue weighted by molar-refractivity contribution is -0.146. The molecule has 3 rings (SSSR count). The summed E-state index contributed by atoms with van der Waals surface area (Å²) in [4.78, 5) is 23.9. The van der Waals surface area contributed by atoms with Gasteiger partial charge >= 0.3 is 5.97 Å². The summed E-state index contributed by atoms with van der Waals surface area (Å²) in [6.07, 6.45) is 2.69. The van der Waals surface area contributed by atoms with Gasteiger partial charge in [-0.25, -0.2) is 0 Å². The second-order valence-corrected chi connectivity index (χ2v) is 5.45. The van der Waals surface area contributed by atoms with E-state index in [-0.39, 0.29) is 24.4 Å². The van der Waals surface area contributed by atoms with E-state index >= 15 is 0 Å². The summed E-state index contributed by atoms with van der Waals surface area (Å²) in [6, 6.07) is 7.90. The molecule has 1 fully saturated rings. The van der Waals surface area contributed by atoms with Crippen molar-refractivity contribution in [3.05, 3.63) is 35.7 Å². The second kappa shape index (κ2) is 6.60. The van der Waals surface area contributed by atoms with Crippen LogP contribution in [-0.2, 0) is 22.6 Å². The monoisotopic (exact) mass is 313 g/mol. The van der Waals surface area contributed by atoms with E-state index in [9.17, 15) is 4.79 Å². The zero-order valence-electron chi connectivity index (χ0n) is 13.0. The third-order valence-corrected chi connectivity index (χ3v) is 3.60. The number of rotatable bonds is 6. The van der Waals surface area contributed by atoms with Gasteiger partial charge < -0.3 is 15.8 Å². The molecule has 1 aromatic heterocycles. The molecule has 3 N–H and O–H groups in total. The number of nitrogens with one attached hydrogen (secondary N) is 1. The second-order valence-electron chi connectivity index (χ2n) is 5.45. The van der Waals surface area contributed by atoms with Crippen molar-refractivity contribution in [2.45, 2.75) is 32.8 Å². The highest BCUT2D eigenvalue weighted by Crippen LogP contribution is 2.30. The highest BCUT2D eigenvalue weighted by atomic mass is 16.5. The smallest absolute Gasteiger partial charge is 0.309 e. The van der Waals surface area contributed by atoms with Crippen LogP contribution in [0.3, 0.4) is 0 Å². The van der Waals surface area contributed by atoms with E-state index < -0.39 is 0 Å². The molecule has 0 aliphatic heterocycles. The fourth-order valence-corrected chi connectivity index (χ4v) is 2.20. The van der Waals surface area contributed by atoms with Crippen LogP contribution in [0.25, 0.3) is 0 Å². The van der Waals surface area contributed by atoms with Crippen LogP contribution in [0.15, 0.2) is 24.3 Å². The lowest BCUT2D eigenvalue weighted by atomic mass is 10.1. The summed E-state index contributed by atoms with van der Waals surface area (Å²) < 4.78 is 5.18. The van der Waals surface area contributed by atoms with E-state index in [4.69, 9.17) is 10.5 Å². The fourth-order valence-electron chi connectivity index (χ4n) is 2.20. The Morgan fingerprint density at radius 3 is 2.83 bits per heavy atom. The molecule has 2 aromatic rings. The van der Waals surface area contributed by atoms with Gasteiger partial charge in [0.15, 0.2) is 12.4 Å². The summed E-state index contributed by atoms with van der Waals surface area (Å²) in [5.41, 5.74) is 7.78. The molecule has 1 aliphatic rings. The Morgan fingerprint density at radius 1 is 1.30 bits per heavy atom. The van der Waals surface area contributed by atoms with Crippen LogP contribution in [0, 0.1) is 5.92 Å². The minimum atomic E-state index is -0.199. The number of aromatic nitrogens is 3. The normalized spacial score (nSPS) is 13.6. The molecule has 120 valence electrons. The van der Waals surface area contributed by atoms with Gasteiger partial charge in [0.2, 0.25) is 11.9 Å². The maximum atomic E-state index is 11.6. The third kappa shape index (κ3) is 3.94. The molecule has 7 heteroatoms. The number of nitrogens with two attached hydrogens (primary N) is 1.